The number of nitrogen functional groups attached to an aromatic ring is 1. The summed E-state index contributed by atoms with van der Waals surface area (Å²) in [6, 6.07) is 10.3. The van der Waals surface area contributed by atoms with Crippen LogP contribution < -0.4 is 5.73 Å². The molecule has 0 aliphatic heterocycles. The molecule has 0 saturated carbocycles. The molecule has 0 amide bonds. The van der Waals surface area contributed by atoms with Crippen LogP contribution in [0.3, 0.4) is 0 Å². The molecule has 0 bridgehead atoms. The van der Waals surface area contributed by atoms with E-state index in [1.807, 2.05) is 35.2 Å². The predicted molar refractivity (Wildman–Crippen MR) is 77.3 cm³/mol. The van der Waals surface area contributed by atoms with E-state index in [1.165, 1.54) is 4.88 Å². The van der Waals surface area contributed by atoms with Crippen LogP contribution in [0.15, 0.2) is 45.1 Å². The van der Waals surface area contributed by atoms with Crippen LogP contribution >= 0.6 is 39.0 Å². The van der Waals surface area contributed by atoms with Crippen molar-refractivity contribution >= 4 is 44.7 Å². The molecule has 2 aromatic rings. The van der Waals surface area contributed by atoms with Crippen molar-refractivity contribution in [1.29, 1.82) is 0 Å². The first-order chi connectivity index (χ1) is 7.75. The second-order valence-electron chi connectivity index (χ2n) is 3.36. The summed E-state index contributed by atoms with van der Waals surface area (Å²) in [7, 11) is 0. The summed E-state index contributed by atoms with van der Waals surface area (Å²) in [5.41, 5.74) is 6.77. The molecule has 16 heavy (non-hydrogen) atoms. The normalized spacial score (nSPS) is 10.6. The monoisotopic (exact) mass is 313 g/mol. The van der Waals surface area contributed by atoms with Crippen LogP contribution in [0.2, 0.25) is 0 Å². The third-order valence-electron chi connectivity index (χ3n) is 2.16. The Morgan fingerprint density at radius 1 is 1.31 bits per heavy atom. The fourth-order valence-electron chi connectivity index (χ4n) is 1.35. The third-order valence-corrected chi connectivity index (χ3v) is 4.66. The van der Waals surface area contributed by atoms with Crippen LogP contribution in [0.1, 0.15) is 4.88 Å². The van der Waals surface area contributed by atoms with Gasteiger partial charge in [-0.15, -0.1) is 23.1 Å². The van der Waals surface area contributed by atoms with Crippen molar-refractivity contribution in [2.45, 2.75) is 11.3 Å². The zero-order valence-electron chi connectivity index (χ0n) is 8.65. The molecule has 0 fully saturated rings. The Balaban J connectivity index is 1.92. The fourth-order valence-corrected chi connectivity index (χ4v) is 3.69. The number of anilines is 1. The Hall–Kier alpha value is -0.450. The molecule has 0 aliphatic carbocycles. The maximum Gasteiger partial charge on any atom is 0.0453 e. The van der Waals surface area contributed by atoms with Gasteiger partial charge in [-0.3, -0.25) is 0 Å². The Kier molecular flexibility index (Phi) is 4.32. The van der Waals surface area contributed by atoms with Crippen LogP contribution in [0.5, 0.6) is 0 Å². The molecule has 84 valence electrons. The van der Waals surface area contributed by atoms with E-state index in [-0.39, 0.29) is 0 Å². The fraction of sp³-hybridized carbons (Fsp3) is 0.167. The molecule has 1 aromatic carbocycles. The Morgan fingerprint density at radius 2 is 2.19 bits per heavy atom. The molecule has 0 radical (unpaired) electrons. The lowest BCUT2D eigenvalue weighted by atomic mass is 10.3. The summed E-state index contributed by atoms with van der Waals surface area (Å²) in [6.07, 6.45) is 1.11. The standard InChI is InChI=1S/C12H12BrNS2/c13-9-3-4-11(14)12(8-9)16-7-5-10-2-1-6-15-10/h1-4,6,8H,5,7,14H2. The van der Waals surface area contributed by atoms with Crippen molar-refractivity contribution in [3.05, 3.63) is 45.1 Å². The van der Waals surface area contributed by atoms with E-state index >= 15 is 0 Å². The first-order valence-electron chi connectivity index (χ1n) is 4.96. The van der Waals surface area contributed by atoms with Gasteiger partial charge >= 0.3 is 0 Å². The second kappa shape index (κ2) is 5.75. The van der Waals surface area contributed by atoms with Gasteiger partial charge < -0.3 is 5.73 Å². The third kappa shape index (κ3) is 3.27. The molecule has 1 nitrogen and oxygen atoms in total. The van der Waals surface area contributed by atoms with Gasteiger partial charge in [-0.1, -0.05) is 22.0 Å². The highest BCUT2D eigenvalue weighted by atomic mass is 79.9. The van der Waals surface area contributed by atoms with Crippen LogP contribution in [0.25, 0.3) is 0 Å². The van der Waals surface area contributed by atoms with Gasteiger partial charge in [0.1, 0.15) is 0 Å². The van der Waals surface area contributed by atoms with E-state index in [2.05, 4.69) is 39.5 Å². The summed E-state index contributed by atoms with van der Waals surface area (Å²) < 4.78 is 1.08. The van der Waals surface area contributed by atoms with E-state index in [0.29, 0.717) is 0 Å². The molecule has 0 spiro atoms. The van der Waals surface area contributed by atoms with E-state index in [1.54, 1.807) is 0 Å². The number of thiophene rings is 1. The first-order valence-corrected chi connectivity index (χ1v) is 7.62. The van der Waals surface area contributed by atoms with Crippen molar-refractivity contribution in [2.75, 3.05) is 11.5 Å². The average molecular weight is 314 g/mol. The lowest BCUT2D eigenvalue weighted by molar-refractivity contribution is 1.20. The molecular formula is C12H12BrNS2. The van der Waals surface area contributed by atoms with E-state index in [9.17, 15) is 0 Å². The molecule has 0 aliphatic rings. The second-order valence-corrected chi connectivity index (χ2v) is 6.44. The maximum atomic E-state index is 5.91. The smallest absolute Gasteiger partial charge is 0.0453 e. The first kappa shape index (κ1) is 12.0. The molecule has 1 aromatic heterocycles. The summed E-state index contributed by atoms with van der Waals surface area (Å²) in [4.78, 5) is 2.59. The molecule has 2 rings (SSSR count). The Morgan fingerprint density at radius 3 is 2.94 bits per heavy atom. The van der Waals surface area contributed by atoms with Crippen molar-refractivity contribution in [3.8, 4) is 0 Å². The zero-order chi connectivity index (χ0) is 11.4. The van der Waals surface area contributed by atoms with Gasteiger partial charge in [0.05, 0.1) is 0 Å². The highest BCUT2D eigenvalue weighted by molar-refractivity contribution is 9.10. The van der Waals surface area contributed by atoms with Gasteiger partial charge in [0.2, 0.25) is 0 Å². The quantitative estimate of drug-likeness (QED) is 0.667. The number of aryl methyl sites for hydroxylation is 1. The number of nitrogens with two attached hydrogens (primary N) is 1. The summed E-state index contributed by atoms with van der Waals surface area (Å²) in [5.74, 6) is 1.07. The minimum Gasteiger partial charge on any atom is -0.398 e. The maximum absolute atomic E-state index is 5.91. The van der Waals surface area contributed by atoms with Gasteiger partial charge in [0.25, 0.3) is 0 Å². The van der Waals surface area contributed by atoms with E-state index in [4.69, 9.17) is 5.73 Å². The molecule has 1 heterocycles. The highest BCUT2D eigenvalue weighted by Gasteiger charge is 2.01. The molecule has 2 N–H and O–H groups in total. The Bertz CT molecular complexity index is 454. The van der Waals surface area contributed by atoms with Crippen molar-refractivity contribution in [1.82, 2.24) is 0 Å². The van der Waals surface area contributed by atoms with Crippen molar-refractivity contribution in [3.63, 3.8) is 0 Å². The zero-order valence-corrected chi connectivity index (χ0v) is 11.9. The average Bonchev–Trinajstić information content (AvgIpc) is 2.76. The molecule has 4 heteroatoms. The van der Waals surface area contributed by atoms with Gasteiger partial charge in [-0.25, -0.2) is 0 Å². The summed E-state index contributed by atoms with van der Waals surface area (Å²) in [5, 5.41) is 2.12. The van der Waals surface area contributed by atoms with Crippen LogP contribution in [-0.2, 0) is 6.42 Å². The summed E-state index contributed by atoms with van der Waals surface area (Å²) >= 11 is 7.08. The van der Waals surface area contributed by atoms with Gasteiger partial charge in [-0.05, 0) is 36.1 Å². The van der Waals surface area contributed by atoms with Crippen molar-refractivity contribution < 1.29 is 0 Å². The molecule has 0 saturated heterocycles. The summed E-state index contributed by atoms with van der Waals surface area (Å²) in [6.45, 7) is 0. The topological polar surface area (TPSA) is 26.0 Å². The van der Waals surface area contributed by atoms with Gasteiger partial charge in [-0.2, -0.15) is 0 Å². The Labute approximate surface area is 112 Å². The van der Waals surface area contributed by atoms with Crippen molar-refractivity contribution in [2.24, 2.45) is 0 Å². The number of benzene rings is 1. The predicted octanol–water partition coefficient (Wildman–Crippen LogP) is 4.43. The van der Waals surface area contributed by atoms with Crippen LogP contribution in [0, 0.1) is 0 Å². The number of hydrogen-bond donors (Lipinski definition) is 1. The molecule has 0 unspecified atom stereocenters. The van der Waals surface area contributed by atoms with Gasteiger partial charge in [0, 0.05) is 25.7 Å². The minimum atomic E-state index is 0.861. The van der Waals surface area contributed by atoms with Crippen LogP contribution in [0.4, 0.5) is 5.69 Å². The molecule has 0 atom stereocenters. The van der Waals surface area contributed by atoms with Crippen LogP contribution in [-0.4, -0.2) is 5.75 Å². The number of halogens is 1. The number of thioether (sulfide) groups is 1. The molecular weight excluding hydrogens is 302 g/mol. The van der Waals surface area contributed by atoms with E-state index in [0.717, 1.165) is 27.2 Å². The van der Waals surface area contributed by atoms with E-state index < -0.39 is 0 Å². The highest BCUT2D eigenvalue weighted by Crippen LogP contribution is 2.29. The largest absolute Gasteiger partial charge is 0.398 e. The van der Waals surface area contributed by atoms with Gasteiger partial charge in [0.15, 0.2) is 0 Å². The number of rotatable bonds is 4. The minimum absolute atomic E-state index is 0.861. The lowest BCUT2D eigenvalue weighted by Crippen LogP contribution is -1.90. The SMILES string of the molecule is Nc1ccc(Br)cc1SCCc1cccs1. The number of hydrogen-bond acceptors (Lipinski definition) is 3. The lowest BCUT2D eigenvalue weighted by Gasteiger charge is -2.05.